The predicted molar refractivity (Wildman–Crippen MR) is 93.3 cm³/mol. The first-order valence-corrected chi connectivity index (χ1v) is 9.42. The van der Waals surface area contributed by atoms with Crippen molar-refractivity contribution in [2.45, 2.75) is 52.6 Å². The Bertz CT molecular complexity index is 496. The highest BCUT2D eigenvalue weighted by molar-refractivity contribution is 7.09. The number of aryl methyl sites for hydroxylation is 1. The van der Waals surface area contributed by atoms with Crippen LogP contribution < -0.4 is 5.32 Å². The van der Waals surface area contributed by atoms with Crippen LogP contribution in [0.5, 0.6) is 0 Å². The van der Waals surface area contributed by atoms with Gasteiger partial charge in [-0.3, -0.25) is 9.69 Å². The van der Waals surface area contributed by atoms with E-state index < -0.39 is 0 Å². The van der Waals surface area contributed by atoms with Crippen LogP contribution >= 0.6 is 11.3 Å². The molecule has 0 spiro atoms. The maximum Gasteiger partial charge on any atom is 0.223 e. The van der Waals surface area contributed by atoms with Gasteiger partial charge in [0.2, 0.25) is 5.91 Å². The molecule has 1 aromatic heterocycles. The van der Waals surface area contributed by atoms with Crippen molar-refractivity contribution in [2.24, 2.45) is 11.8 Å². The van der Waals surface area contributed by atoms with Gasteiger partial charge in [0.1, 0.15) is 0 Å². The van der Waals surface area contributed by atoms with Crippen molar-refractivity contribution < 1.29 is 9.90 Å². The van der Waals surface area contributed by atoms with Crippen molar-refractivity contribution in [1.29, 1.82) is 0 Å². The fourth-order valence-electron chi connectivity index (χ4n) is 3.08. The van der Waals surface area contributed by atoms with Crippen molar-refractivity contribution in [3.05, 3.63) is 16.1 Å². The Labute approximate surface area is 143 Å². The van der Waals surface area contributed by atoms with Gasteiger partial charge < -0.3 is 10.4 Å². The minimum atomic E-state index is 0.0727. The lowest BCUT2D eigenvalue weighted by molar-refractivity contribution is -0.127. The van der Waals surface area contributed by atoms with Gasteiger partial charge in [0.15, 0.2) is 0 Å². The molecule has 6 heteroatoms. The molecule has 0 bridgehead atoms. The molecule has 1 aliphatic heterocycles. The second-order valence-electron chi connectivity index (χ2n) is 6.78. The Morgan fingerprint density at radius 1 is 1.48 bits per heavy atom. The molecule has 1 aromatic rings. The molecule has 0 aliphatic carbocycles. The summed E-state index contributed by atoms with van der Waals surface area (Å²) in [5.41, 5.74) is 1.14. The molecular formula is C17H29N3O2S. The van der Waals surface area contributed by atoms with Gasteiger partial charge in [0.05, 0.1) is 10.7 Å². The topological polar surface area (TPSA) is 65.5 Å². The Balaban J connectivity index is 1.77. The molecule has 1 saturated heterocycles. The van der Waals surface area contributed by atoms with Gasteiger partial charge in [-0.15, -0.1) is 11.3 Å². The van der Waals surface area contributed by atoms with E-state index in [2.05, 4.69) is 34.4 Å². The van der Waals surface area contributed by atoms with E-state index >= 15 is 0 Å². The van der Waals surface area contributed by atoms with Crippen LogP contribution in [0.1, 0.15) is 43.8 Å². The second kappa shape index (κ2) is 8.76. The minimum Gasteiger partial charge on any atom is -0.396 e. The van der Waals surface area contributed by atoms with E-state index in [0.29, 0.717) is 12.3 Å². The zero-order chi connectivity index (χ0) is 16.8. The average molecular weight is 340 g/mol. The number of rotatable bonds is 7. The normalized spacial score (nSPS) is 18.3. The summed E-state index contributed by atoms with van der Waals surface area (Å²) in [7, 11) is 0. The van der Waals surface area contributed by atoms with E-state index in [1.807, 2.05) is 6.92 Å². The number of carbonyl (C=O) groups excluding carboxylic acids is 1. The van der Waals surface area contributed by atoms with Crippen LogP contribution in [-0.2, 0) is 11.3 Å². The van der Waals surface area contributed by atoms with E-state index in [1.54, 1.807) is 11.3 Å². The monoisotopic (exact) mass is 339 g/mol. The lowest BCUT2D eigenvalue weighted by Gasteiger charge is -2.32. The molecule has 1 aliphatic rings. The molecule has 0 radical (unpaired) electrons. The molecule has 5 nitrogen and oxygen atoms in total. The Morgan fingerprint density at radius 3 is 2.70 bits per heavy atom. The number of carbonyl (C=O) groups is 1. The Morgan fingerprint density at radius 2 is 2.17 bits per heavy atom. The number of nitrogens with zero attached hydrogens (tertiary/aromatic N) is 2. The molecule has 0 aromatic carbocycles. The van der Waals surface area contributed by atoms with Crippen LogP contribution in [0.3, 0.4) is 0 Å². The average Bonchev–Trinajstić information content (AvgIpc) is 2.92. The smallest absolute Gasteiger partial charge is 0.223 e. The molecule has 2 heterocycles. The maximum absolute atomic E-state index is 12.4. The number of hydrogen-bond acceptors (Lipinski definition) is 5. The van der Waals surface area contributed by atoms with Gasteiger partial charge in [0.25, 0.3) is 0 Å². The quantitative estimate of drug-likeness (QED) is 0.799. The van der Waals surface area contributed by atoms with Crippen LogP contribution in [-0.4, -0.2) is 46.6 Å². The number of amides is 1. The third-order valence-corrected chi connectivity index (χ3v) is 5.41. The largest absolute Gasteiger partial charge is 0.396 e. The highest BCUT2D eigenvalue weighted by atomic mass is 32.1. The molecule has 1 atom stereocenters. The minimum absolute atomic E-state index is 0.0727. The van der Waals surface area contributed by atoms with Crippen LogP contribution in [0.2, 0.25) is 0 Å². The first-order chi connectivity index (χ1) is 11.0. The summed E-state index contributed by atoms with van der Waals surface area (Å²) in [6.45, 7) is 9.09. The Kier molecular flexibility index (Phi) is 6.99. The van der Waals surface area contributed by atoms with Gasteiger partial charge >= 0.3 is 0 Å². The van der Waals surface area contributed by atoms with E-state index in [4.69, 9.17) is 5.11 Å². The first-order valence-electron chi connectivity index (χ1n) is 8.54. The van der Waals surface area contributed by atoms with E-state index in [-0.39, 0.29) is 24.5 Å². The number of nitrogens with one attached hydrogen (secondary N) is 1. The second-order valence-corrected chi connectivity index (χ2v) is 7.84. The van der Waals surface area contributed by atoms with Gasteiger partial charge in [0, 0.05) is 30.5 Å². The van der Waals surface area contributed by atoms with Crippen molar-refractivity contribution in [3.8, 4) is 0 Å². The predicted octanol–water partition coefficient (Wildman–Crippen LogP) is 2.19. The lowest BCUT2D eigenvalue weighted by Crippen LogP contribution is -2.45. The molecule has 2 N–H and O–H groups in total. The van der Waals surface area contributed by atoms with Crippen LogP contribution in [0.4, 0.5) is 0 Å². The van der Waals surface area contributed by atoms with Crippen LogP contribution in [0.15, 0.2) is 5.38 Å². The number of aliphatic hydroxyl groups is 1. The van der Waals surface area contributed by atoms with Gasteiger partial charge in [-0.05, 0) is 45.2 Å². The highest BCUT2D eigenvalue weighted by Gasteiger charge is 2.27. The summed E-state index contributed by atoms with van der Waals surface area (Å²) in [5, 5.41) is 15.5. The number of piperidine rings is 1. The fourth-order valence-corrected chi connectivity index (χ4v) is 3.68. The summed E-state index contributed by atoms with van der Waals surface area (Å²) >= 11 is 1.69. The van der Waals surface area contributed by atoms with Crippen molar-refractivity contribution >= 4 is 17.2 Å². The van der Waals surface area contributed by atoms with Crippen molar-refractivity contribution in [1.82, 2.24) is 15.2 Å². The fraction of sp³-hybridized carbons (Fsp3) is 0.765. The summed E-state index contributed by atoms with van der Waals surface area (Å²) in [4.78, 5) is 19.3. The standard InChI is InChI=1S/C17H29N3O2S/c1-12(2)16(6-9-21)19-17(22)14-4-7-20(8-5-14)10-15-11-23-13(3)18-15/h11-12,14,16,21H,4-10H2,1-3H3,(H,19,22). The SMILES string of the molecule is Cc1nc(CN2CCC(C(=O)NC(CCO)C(C)C)CC2)cs1. The zero-order valence-electron chi connectivity index (χ0n) is 14.4. The molecule has 1 amide bonds. The maximum atomic E-state index is 12.4. The molecule has 1 unspecified atom stereocenters. The molecule has 130 valence electrons. The summed E-state index contributed by atoms with van der Waals surface area (Å²) in [5.74, 6) is 0.601. The molecule has 23 heavy (non-hydrogen) atoms. The van der Waals surface area contributed by atoms with E-state index in [0.717, 1.165) is 43.2 Å². The van der Waals surface area contributed by atoms with Gasteiger partial charge in [-0.2, -0.15) is 0 Å². The molecule has 0 saturated carbocycles. The number of aliphatic hydroxyl groups excluding tert-OH is 1. The number of likely N-dealkylation sites (tertiary alicyclic amines) is 1. The number of aromatic nitrogens is 1. The molecular weight excluding hydrogens is 310 g/mol. The first kappa shape index (κ1) is 18.4. The van der Waals surface area contributed by atoms with Gasteiger partial charge in [-0.25, -0.2) is 4.98 Å². The summed E-state index contributed by atoms with van der Waals surface area (Å²) < 4.78 is 0. The van der Waals surface area contributed by atoms with Crippen LogP contribution in [0, 0.1) is 18.8 Å². The molecule has 2 rings (SSSR count). The highest BCUT2D eigenvalue weighted by Crippen LogP contribution is 2.20. The van der Waals surface area contributed by atoms with Gasteiger partial charge in [-0.1, -0.05) is 13.8 Å². The van der Waals surface area contributed by atoms with Crippen LogP contribution in [0.25, 0.3) is 0 Å². The van der Waals surface area contributed by atoms with Crippen molar-refractivity contribution in [3.63, 3.8) is 0 Å². The third-order valence-electron chi connectivity index (χ3n) is 4.58. The lowest BCUT2D eigenvalue weighted by atomic mass is 9.94. The summed E-state index contributed by atoms with van der Waals surface area (Å²) in [6, 6.07) is 0.0727. The third kappa shape index (κ3) is 5.55. The number of thiazole rings is 1. The molecule has 1 fully saturated rings. The van der Waals surface area contributed by atoms with E-state index in [1.165, 1.54) is 0 Å². The Hall–Kier alpha value is -0.980. The van der Waals surface area contributed by atoms with Crippen molar-refractivity contribution in [2.75, 3.05) is 19.7 Å². The van der Waals surface area contributed by atoms with E-state index in [9.17, 15) is 4.79 Å². The number of hydrogen-bond donors (Lipinski definition) is 2. The zero-order valence-corrected chi connectivity index (χ0v) is 15.2. The summed E-state index contributed by atoms with van der Waals surface area (Å²) in [6.07, 6.45) is 2.43.